The Labute approximate surface area is 129 Å². The van der Waals surface area contributed by atoms with Crippen molar-refractivity contribution in [1.29, 1.82) is 0 Å². The molecule has 1 saturated heterocycles. The molecule has 3 heterocycles. The Bertz CT molecular complexity index is 639. The number of pyridine rings is 1. The van der Waals surface area contributed by atoms with Crippen molar-refractivity contribution in [1.82, 2.24) is 19.9 Å². The van der Waals surface area contributed by atoms with Gasteiger partial charge in [0.2, 0.25) is 0 Å². The van der Waals surface area contributed by atoms with Crippen LogP contribution >= 0.6 is 0 Å². The Morgan fingerprint density at radius 2 is 2.00 bits per heavy atom. The number of amides is 2. The minimum atomic E-state index is -0.114. The summed E-state index contributed by atoms with van der Waals surface area (Å²) in [6, 6.07) is 5.46. The molecule has 0 spiro atoms. The lowest BCUT2D eigenvalue weighted by Gasteiger charge is -2.35. The van der Waals surface area contributed by atoms with Gasteiger partial charge < -0.3 is 9.80 Å². The largest absolute Gasteiger partial charge is 0.352 e. The van der Waals surface area contributed by atoms with Crippen molar-refractivity contribution >= 4 is 17.7 Å². The summed E-state index contributed by atoms with van der Waals surface area (Å²) in [5, 5.41) is 2.84. The maximum absolute atomic E-state index is 12.3. The summed E-state index contributed by atoms with van der Waals surface area (Å²) in [6.45, 7) is 4.68. The van der Waals surface area contributed by atoms with Crippen LogP contribution in [0.15, 0.2) is 36.8 Å². The SMILES string of the molecule is Cc1cccc(NC(=O)N2CCN(c3cnccn3)CC2)n1. The minimum Gasteiger partial charge on any atom is -0.352 e. The number of anilines is 2. The second kappa shape index (κ2) is 6.38. The van der Waals surface area contributed by atoms with Crippen LogP contribution in [-0.2, 0) is 0 Å². The fraction of sp³-hybridized carbons (Fsp3) is 0.333. The van der Waals surface area contributed by atoms with E-state index < -0.39 is 0 Å². The van der Waals surface area contributed by atoms with Gasteiger partial charge in [0, 0.05) is 44.3 Å². The Morgan fingerprint density at radius 1 is 1.18 bits per heavy atom. The highest BCUT2D eigenvalue weighted by molar-refractivity contribution is 5.88. The van der Waals surface area contributed by atoms with Gasteiger partial charge in [-0.05, 0) is 19.1 Å². The summed E-state index contributed by atoms with van der Waals surface area (Å²) in [7, 11) is 0. The van der Waals surface area contributed by atoms with Gasteiger partial charge in [-0.2, -0.15) is 0 Å². The van der Waals surface area contributed by atoms with Gasteiger partial charge in [-0.25, -0.2) is 14.8 Å². The van der Waals surface area contributed by atoms with Gasteiger partial charge in [-0.3, -0.25) is 10.3 Å². The maximum atomic E-state index is 12.3. The van der Waals surface area contributed by atoms with E-state index in [4.69, 9.17) is 0 Å². The van der Waals surface area contributed by atoms with Crippen LogP contribution in [0.5, 0.6) is 0 Å². The molecule has 0 atom stereocenters. The Kier molecular flexibility index (Phi) is 4.13. The fourth-order valence-electron chi connectivity index (χ4n) is 2.39. The van der Waals surface area contributed by atoms with Crippen LogP contribution in [0, 0.1) is 6.92 Å². The molecular weight excluding hydrogens is 280 g/mol. The monoisotopic (exact) mass is 298 g/mol. The summed E-state index contributed by atoms with van der Waals surface area (Å²) >= 11 is 0. The number of carbonyl (C=O) groups is 1. The first-order valence-electron chi connectivity index (χ1n) is 7.23. The van der Waals surface area contributed by atoms with E-state index in [-0.39, 0.29) is 6.03 Å². The lowest BCUT2D eigenvalue weighted by molar-refractivity contribution is 0.208. The maximum Gasteiger partial charge on any atom is 0.323 e. The van der Waals surface area contributed by atoms with Gasteiger partial charge in [0.15, 0.2) is 0 Å². The molecule has 2 amide bonds. The second-order valence-electron chi connectivity index (χ2n) is 5.13. The average molecular weight is 298 g/mol. The highest BCUT2D eigenvalue weighted by Crippen LogP contribution is 2.12. The molecule has 1 N–H and O–H groups in total. The molecule has 0 unspecified atom stereocenters. The zero-order valence-corrected chi connectivity index (χ0v) is 12.4. The number of piperazine rings is 1. The van der Waals surface area contributed by atoms with Crippen molar-refractivity contribution in [3.05, 3.63) is 42.5 Å². The summed E-state index contributed by atoms with van der Waals surface area (Å²) in [6.07, 6.45) is 5.08. The van der Waals surface area contributed by atoms with Crippen molar-refractivity contribution in [2.24, 2.45) is 0 Å². The van der Waals surface area contributed by atoms with Crippen LogP contribution in [0.25, 0.3) is 0 Å². The van der Waals surface area contributed by atoms with Crippen molar-refractivity contribution in [3.8, 4) is 0 Å². The number of carbonyl (C=O) groups excluding carboxylic acids is 1. The summed E-state index contributed by atoms with van der Waals surface area (Å²) in [4.78, 5) is 28.8. The number of hydrogen-bond acceptors (Lipinski definition) is 5. The standard InChI is InChI=1S/C15H18N6O/c1-12-3-2-4-13(18-12)19-15(22)21-9-7-20(8-10-21)14-11-16-5-6-17-14/h2-6,11H,7-10H2,1H3,(H,18,19,22). The van der Waals surface area contributed by atoms with E-state index >= 15 is 0 Å². The molecule has 3 rings (SSSR count). The number of rotatable bonds is 2. The molecule has 1 aliphatic heterocycles. The molecule has 0 aromatic carbocycles. The number of aryl methyl sites for hydroxylation is 1. The van der Waals surface area contributed by atoms with E-state index in [1.165, 1.54) is 0 Å². The lowest BCUT2D eigenvalue weighted by Crippen LogP contribution is -2.50. The average Bonchev–Trinajstić information content (AvgIpc) is 2.56. The molecule has 1 fully saturated rings. The van der Waals surface area contributed by atoms with Crippen LogP contribution in [0.1, 0.15) is 5.69 Å². The van der Waals surface area contributed by atoms with Crippen LogP contribution in [0.4, 0.5) is 16.4 Å². The van der Waals surface area contributed by atoms with E-state index in [1.807, 2.05) is 19.1 Å². The van der Waals surface area contributed by atoms with E-state index in [0.717, 1.165) is 24.6 Å². The predicted molar refractivity (Wildman–Crippen MR) is 83.8 cm³/mol. The van der Waals surface area contributed by atoms with E-state index in [0.29, 0.717) is 18.9 Å². The van der Waals surface area contributed by atoms with Crippen LogP contribution in [0.2, 0.25) is 0 Å². The van der Waals surface area contributed by atoms with Gasteiger partial charge >= 0.3 is 6.03 Å². The van der Waals surface area contributed by atoms with Crippen molar-refractivity contribution in [2.45, 2.75) is 6.92 Å². The predicted octanol–water partition coefficient (Wildman–Crippen LogP) is 1.53. The molecule has 2 aromatic heterocycles. The summed E-state index contributed by atoms with van der Waals surface area (Å²) in [5.74, 6) is 1.43. The first-order chi connectivity index (χ1) is 10.7. The molecule has 1 aliphatic rings. The number of hydrogen-bond donors (Lipinski definition) is 1. The fourth-order valence-corrected chi connectivity index (χ4v) is 2.39. The molecule has 7 nitrogen and oxygen atoms in total. The van der Waals surface area contributed by atoms with Crippen molar-refractivity contribution in [2.75, 3.05) is 36.4 Å². The topological polar surface area (TPSA) is 74.2 Å². The summed E-state index contributed by atoms with van der Waals surface area (Å²) in [5.41, 5.74) is 0.880. The molecule has 114 valence electrons. The highest BCUT2D eigenvalue weighted by Gasteiger charge is 2.22. The Morgan fingerprint density at radius 3 is 2.68 bits per heavy atom. The van der Waals surface area contributed by atoms with E-state index in [2.05, 4.69) is 25.2 Å². The lowest BCUT2D eigenvalue weighted by atomic mass is 10.3. The first-order valence-corrected chi connectivity index (χ1v) is 7.23. The second-order valence-corrected chi connectivity index (χ2v) is 5.13. The van der Waals surface area contributed by atoms with Gasteiger partial charge in [0.05, 0.1) is 6.20 Å². The molecule has 7 heteroatoms. The molecule has 0 radical (unpaired) electrons. The number of urea groups is 1. The molecule has 2 aromatic rings. The van der Waals surface area contributed by atoms with Crippen molar-refractivity contribution in [3.63, 3.8) is 0 Å². The number of nitrogens with zero attached hydrogens (tertiary/aromatic N) is 5. The van der Waals surface area contributed by atoms with Crippen LogP contribution < -0.4 is 10.2 Å². The number of nitrogens with one attached hydrogen (secondary N) is 1. The third-order valence-corrected chi connectivity index (χ3v) is 3.56. The molecule has 22 heavy (non-hydrogen) atoms. The number of aromatic nitrogens is 3. The zero-order chi connectivity index (χ0) is 15.4. The third kappa shape index (κ3) is 3.30. The summed E-state index contributed by atoms with van der Waals surface area (Å²) < 4.78 is 0. The normalized spacial score (nSPS) is 14.8. The smallest absolute Gasteiger partial charge is 0.323 e. The van der Waals surface area contributed by atoms with Crippen LogP contribution in [0.3, 0.4) is 0 Å². The van der Waals surface area contributed by atoms with Gasteiger partial charge in [0.25, 0.3) is 0 Å². The quantitative estimate of drug-likeness (QED) is 0.910. The first kappa shape index (κ1) is 14.2. The van der Waals surface area contributed by atoms with Crippen LogP contribution in [-0.4, -0.2) is 52.1 Å². The Balaban J connectivity index is 1.56. The third-order valence-electron chi connectivity index (χ3n) is 3.56. The highest BCUT2D eigenvalue weighted by atomic mass is 16.2. The van der Waals surface area contributed by atoms with E-state index in [1.54, 1.807) is 29.6 Å². The van der Waals surface area contributed by atoms with Crippen molar-refractivity contribution < 1.29 is 4.79 Å². The molecule has 0 saturated carbocycles. The van der Waals surface area contributed by atoms with Gasteiger partial charge in [-0.1, -0.05) is 6.07 Å². The van der Waals surface area contributed by atoms with Gasteiger partial charge in [-0.15, -0.1) is 0 Å². The van der Waals surface area contributed by atoms with E-state index in [9.17, 15) is 4.79 Å². The molecular formula is C15H18N6O. The minimum absolute atomic E-state index is 0.114. The molecule has 0 bridgehead atoms. The molecule has 0 aliphatic carbocycles. The zero-order valence-electron chi connectivity index (χ0n) is 12.4. The Hall–Kier alpha value is -2.70. The van der Waals surface area contributed by atoms with Gasteiger partial charge in [0.1, 0.15) is 11.6 Å².